The van der Waals surface area contributed by atoms with E-state index in [1.807, 2.05) is 36.4 Å². The zero-order chi connectivity index (χ0) is 22.3. The molecule has 2 aromatic carbocycles. The summed E-state index contributed by atoms with van der Waals surface area (Å²) in [5.74, 6) is 0.714. The first-order valence-corrected chi connectivity index (χ1v) is 12.2. The van der Waals surface area contributed by atoms with Crippen LogP contribution < -0.4 is 5.32 Å². The maximum Gasteiger partial charge on any atom is 0.243 e. The number of nitrogens with zero attached hydrogens (tertiary/aromatic N) is 3. The predicted molar refractivity (Wildman–Crippen MR) is 127 cm³/mol. The molecule has 162 valence electrons. The average Bonchev–Trinajstić information content (AvgIpc) is 2.80. The molecule has 0 fully saturated rings. The molecule has 2 aromatic heterocycles. The first kappa shape index (κ1) is 21.2. The summed E-state index contributed by atoms with van der Waals surface area (Å²) in [4.78, 5) is 9.11. The van der Waals surface area contributed by atoms with Crippen LogP contribution in [0.1, 0.15) is 11.1 Å². The van der Waals surface area contributed by atoms with E-state index in [-0.39, 0.29) is 16.5 Å². The highest BCUT2D eigenvalue weighted by molar-refractivity contribution is 7.89. The normalized spacial score (nSPS) is 14.3. The van der Waals surface area contributed by atoms with Gasteiger partial charge in [-0.15, -0.1) is 0 Å². The molecular weight excluding hydrogens is 467 g/mol. The molecule has 0 spiro atoms. The van der Waals surface area contributed by atoms with Gasteiger partial charge in [-0.2, -0.15) is 4.31 Å². The van der Waals surface area contributed by atoms with Gasteiger partial charge >= 0.3 is 0 Å². The number of hydrogen-bond donors (Lipinski definition) is 1. The number of hydrogen-bond acceptors (Lipinski definition) is 5. The molecule has 0 aliphatic carbocycles. The lowest BCUT2D eigenvalue weighted by atomic mass is 10.0. The van der Waals surface area contributed by atoms with Gasteiger partial charge in [-0.05, 0) is 48.4 Å². The Hall–Kier alpha value is -2.71. The number of anilines is 2. The summed E-state index contributed by atoms with van der Waals surface area (Å²) < 4.78 is 27.7. The van der Waals surface area contributed by atoms with Crippen LogP contribution in [0, 0.1) is 0 Å². The van der Waals surface area contributed by atoms with Crippen molar-refractivity contribution in [3.8, 4) is 0 Å². The van der Waals surface area contributed by atoms with E-state index in [2.05, 4.69) is 15.3 Å². The number of benzene rings is 2. The Bertz CT molecular complexity index is 1440. The van der Waals surface area contributed by atoms with Crippen LogP contribution in [-0.4, -0.2) is 29.2 Å². The summed E-state index contributed by atoms with van der Waals surface area (Å²) in [6, 6.07) is 16.1. The highest BCUT2D eigenvalue weighted by atomic mass is 35.5. The van der Waals surface area contributed by atoms with Gasteiger partial charge in [-0.25, -0.2) is 13.4 Å². The summed E-state index contributed by atoms with van der Waals surface area (Å²) in [7, 11) is -3.70. The van der Waals surface area contributed by atoms with Crippen LogP contribution in [0.3, 0.4) is 0 Å². The number of halogens is 2. The van der Waals surface area contributed by atoms with Crippen LogP contribution in [0.25, 0.3) is 10.9 Å². The minimum Gasteiger partial charge on any atom is -0.339 e. The molecule has 5 rings (SSSR count). The highest BCUT2D eigenvalue weighted by Crippen LogP contribution is 2.32. The number of aromatic nitrogens is 2. The summed E-state index contributed by atoms with van der Waals surface area (Å²) in [5, 5.41) is 4.91. The van der Waals surface area contributed by atoms with E-state index in [0.29, 0.717) is 23.8 Å². The standard InChI is InChI=1S/C23H18Cl2N4O2S/c24-20-6-5-18(12-21(20)25)32(30,31)29-10-8-19-16(14-29)7-9-26-23(19)28-17-11-15-3-1-2-4-22(15)27-13-17/h1-7,9,11-13H,8,10,14H2,(H,26,28). The van der Waals surface area contributed by atoms with Crippen LogP contribution in [-0.2, 0) is 23.0 Å². The van der Waals surface area contributed by atoms with Gasteiger partial charge in [-0.1, -0.05) is 41.4 Å². The number of nitrogens with one attached hydrogen (secondary N) is 1. The minimum absolute atomic E-state index is 0.130. The molecule has 0 unspecified atom stereocenters. The van der Waals surface area contributed by atoms with Crippen LogP contribution >= 0.6 is 23.2 Å². The molecule has 0 radical (unpaired) electrons. The molecule has 4 aromatic rings. The molecule has 0 atom stereocenters. The number of rotatable bonds is 4. The maximum atomic E-state index is 13.1. The lowest BCUT2D eigenvalue weighted by Gasteiger charge is -2.29. The maximum absolute atomic E-state index is 13.1. The Morgan fingerprint density at radius 3 is 2.66 bits per heavy atom. The van der Waals surface area contributed by atoms with Gasteiger partial charge in [0.15, 0.2) is 0 Å². The van der Waals surface area contributed by atoms with E-state index in [1.165, 1.54) is 22.5 Å². The molecule has 1 aliphatic heterocycles. The van der Waals surface area contributed by atoms with E-state index in [1.54, 1.807) is 12.4 Å². The second-order valence-corrected chi connectivity index (χ2v) is 10.3. The lowest BCUT2D eigenvalue weighted by Crippen LogP contribution is -2.36. The monoisotopic (exact) mass is 484 g/mol. The zero-order valence-electron chi connectivity index (χ0n) is 16.8. The molecule has 0 saturated carbocycles. The summed E-state index contributed by atoms with van der Waals surface area (Å²) in [5.41, 5.74) is 3.66. The zero-order valence-corrected chi connectivity index (χ0v) is 19.1. The molecule has 0 saturated heterocycles. The predicted octanol–water partition coefficient (Wildman–Crippen LogP) is 5.43. The lowest BCUT2D eigenvalue weighted by molar-refractivity contribution is 0.391. The van der Waals surface area contributed by atoms with E-state index in [0.717, 1.165) is 27.7 Å². The smallest absolute Gasteiger partial charge is 0.243 e. The first-order chi connectivity index (χ1) is 15.4. The average molecular weight is 485 g/mol. The third-order valence-corrected chi connectivity index (χ3v) is 8.07. The van der Waals surface area contributed by atoms with Crippen molar-refractivity contribution >= 4 is 55.6 Å². The van der Waals surface area contributed by atoms with Crippen molar-refractivity contribution in [3.05, 3.63) is 88.2 Å². The minimum atomic E-state index is -3.70. The third kappa shape index (κ3) is 3.93. The molecule has 1 aliphatic rings. The van der Waals surface area contributed by atoms with Gasteiger partial charge in [0.25, 0.3) is 0 Å². The van der Waals surface area contributed by atoms with Crippen LogP contribution in [0.15, 0.2) is 71.9 Å². The Kier molecular flexibility index (Phi) is 5.51. The Labute approximate surface area is 195 Å². The molecular formula is C23H18Cl2N4O2S. The van der Waals surface area contributed by atoms with Crippen LogP contribution in [0.5, 0.6) is 0 Å². The van der Waals surface area contributed by atoms with Crippen LogP contribution in [0.2, 0.25) is 10.0 Å². The molecule has 0 amide bonds. The van der Waals surface area contributed by atoms with Gasteiger partial charge in [0, 0.05) is 30.2 Å². The van der Waals surface area contributed by atoms with Crippen molar-refractivity contribution in [2.45, 2.75) is 17.9 Å². The van der Waals surface area contributed by atoms with Crippen molar-refractivity contribution < 1.29 is 8.42 Å². The highest BCUT2D eigenvalue weighted by Gasteiger charge is 2.30. The molecule has 3 heterocycles. The van der Waals surface area contributed by atoms with Gasteiger partial charge < -0.3 is 5.32 Å². The number of sulfonamides is 1. The van der Waals surface area contributed by atoms with E-state index < -0.39 is 10.0 Å². The summed E-state index contributed by atoms with van der Waals surface area (Å²) >= 11 is 12.0. The van der Waals surface area contributed by atoms with Crippen LogP contribution in [0.4, 0.5) is 11.5 Å². The largest absolute Gasteiger partial charge is 0.339 e. The number of para-hydroxylation sites is 1. The van der Waals surface area contributed by atoms with E-state index in [9.17, 15) is 8.42 Å². The molecule has 6 nitrogen and oxygen atoms in total. The second-order valence-electron chi connectivity index (χ2n) is 7.50. The fourth-order valence-corrected chi connectivity index (χ4v) is 5.65. The topological polar surface area (TPSA) is 75.2 Å². The number of pyridine rings is 2. The fourth-order valence-electron chi connectivity index (χ4n) is 3.84. The first-order valence-electron chi connectivity index (χ1n) is 9.95. The van der Waals surface area contributed by atoms with E-state index >= 15 is 0 Å². The van der Waals surface area contributed by atoms with Gasteiger partial charge in [0.2, 0.25) is 10.0 Å². The SMILES string of the molecule is O=S(=O)(c1ccc(Cl)c(Cl)c1)N1CCc2c(ccnc2Nc2cnc3ccccc3c2)C1. The fraction of sp³-hybridized carbons (Fsp3) is 0.130. The van der Waals surface area contributed by atoms with Gasteiger partial charge in [-0.3, -0.25) is 4.98 Å². The van der Waals surface area contributed by atoms with Crippen molar-refractivity contribution in [2.24, 2.45) is 0 Å². The molecule has 1 N–H and O–H groups in total. The quantitative estimate of drug-likeness (QED) is 0.418. The van der Waals surface area contributed by atoms with Gasteiger partial charge in [0.1, 0.15) is 5.82 Å². The van der Waals surface area contributed by atoms with Gasteiger partial charge in [0.05, 0.1) is 32.3 Å². The molecule has 32 heavy (non-hydrogen) atoms. The van der Waals surface area contributed by atoms with E-state index in [4.69, 9.17) is 23.2 Å². The summed E-state index contributed by atoms with van der Waals surface area (Å²) in [6.07, 6.45) is 3.99. The van der Waals surface area contributed by atoms with Crippen molar-refractivity contribution in [1.82, 2.24) is 14.3 Å². The Balaban J connectivity index is 1.42. The molecule has 0 bridgehead atoms. The Morgan fingerprint density at radius 1 is 0.969 bits per heavy atom. The summed E-state index contributed by atoms with van der Waals surface area (Å²) in [6.45, 7) is 0.594. The second kappa shape index (κ2) is 8.33. The van der Waals surface area contributed by atoms with Crippen molar-refractivity contribution in [1.29, 1.82) is 0 Å². The van der Waals surface area contributed by atoms with Crippen molar-refractivity contribution in [3.63, 3.8) is 0 Å². The molecule has 9 heteroatoms. The van der Waals surface area contributed by atoms with Crippen molar-refractivity contribution in [2.75, 3.05) is 11.9 Å². The Morgan fingerprint density at radius 2 is 1.81 bits per heavy atom. The third-order valence-electron chi connectivity index (χ3n) is 5.49. The number of fused-ring (bicyclic) bond motifs is 2.